The van der Waals surface area contributed by atoms with Gasteiger partial charge in [-0.15, -0.1) is 0 Å². The summed E-state index contributed by atoms with van der Waals surface area (Å²) in [7, 11) is 4.55. The van der Waals surface area contributed by atoms with Gasteiger partial charge in [0, 0.05) is 50.1 Å². The summed E-state index contributed by atoms with van der Waals surface area (Å²) in [6, 6.07) is 2.49. The number of fused-ring (bicyclic) bond motifs is 1. The number of carbonyl (C=O) groups is 2. The lowest BCUT2D eigenvalue weighted by Crippen LogP contribution is -2.47. The molecular weight excluding hydrogens is 621 g/mol. The number of halogens is 2. The van der Waals surface area contributed by atoms with E-state index in [0.717, 1.165) is 24.5 Å². The summed E-state index contributed by atoms with van der Waals surface area (Å²) in [5, 5.41) is 6.74. The van der Waals surface area contributed by atoms with Gasteiger partial charge < -0.3 is 25.0 Å². The molecule has 0 bridgehead atoms. The maximum absolute atomic E-state index is 13.7. The lowest BCUT2D eigenvalue weighted by atomic mass is 9.85. The Morgan fingerprint density at radius 3 is 2.44 bits per heavy atom. The number of amides is 3. The molecule has 45 heavy (non-hydrogen) atoms. The summed E-state index contributed by atoms with van der Waals surface area (Å²) >= 11 is 13.2. The predicted octanol–water partition coefficient (Wildman–Crippen LogP) is 4.41. The molecule has 6 rings (SSSR count). The maximum atomic E-state index is 13.7. The van der Waals surface area contributed by atoms with Crippen molar-refractivity contribution < 1.29 is 19.1 Å². The number of aromatic nitrogens is 4. The van der Waals surface area contributed by atoms with Crippen molar-refractivity contribution in [2.24, 2.45) is 0 Å². The Bertz CT molecular complexity index is 1630. The third kappa shape index (κ3) is 5.77. The first kappa shape index (κ1) is 30.7. The molecule has 236 valence electrons. The van der Waals surface area contributed by atoms with Crippen LogP contribution in [0.2, 0.25) is 10.0 Å². The van der Waals surface area contributed by atoms with E-state index in [4.69, 9.17) is 42.6 Å². The van der Waals surface area contributed by atoms with Crippen molar-refractivity contribution in [2.45, 2.75) is 43.8 Å². The van der Waals surface area contributed by atoms with E-state index >= 15 is 0 Å². The number of hydrogen-bond donors (Lipinski definition) is 2. The lowest BCUT2D eigenvalue weighted by Gasteiger charge is -2.35. The minimum atomic E-state index is -0.402. The molecule has 2 fully saturated rings. The first-order chi connectivity index (χ1) is 21.7. The number of ether oxygens (including phenoxy) is 2. The van der Waals surface area contributed by atoms with Crippen molar-refractivity contribution in [1.82, 2.24) is 25.3 Å². The number of carbonyl (C=O) groups excluding carboxylic acids is 2. The molecule has 1 aromatic carbocycles. The standard InChI is InChI=1S/C30H33Cl2N9O4/c1-5-23(42)35-18-14-40(22-9-10-33-27(37-22)16-7-6-8-16)15-19(18)36-29-34-12-17-13-41(30(43)39(2)28(17)38-29)26-24(31)20(44-3)11-21(45-4)25(26)32/h5,9-12,16,18-19H,1,6-8,13-15H2,2-4H3,(H,35,42)(H,34,36,38). The van der Waals surface area contributed by atoms with Crippen LogP contribution >= 0.6 is 23.2 Å². The zero-order chi connectivity index (χ0) is 31.8. The Morgan fingerprint density at radius 1 is 1.09 bits per heavy atom. The van der Waals surface area contributed by atoms with Crippen LogP contribution in [0.4, 0.5) is 28.1 Å². The van der Waals surface area contributed by atoms with Crippen molar-refractivity contribution in [1.29, 1.82) is 0 Å². The van der Waals surface area contributed by atoms with E-state index in [9.17, 15) is 9.59 Å². The zero-order valence-corrected chi connectivity index (χ0v) is 26.6. The topological polar surface area (TPSA) is 138 Å². The van der Waals surface area contributed by atoms with E-state index < -0.39 is 6.03 Å². The molecule has 1 aliphatic carbocycles. The average Bonchev–Trinajstić information content (AvgIpc) is 3.41. The highest BCUT2D eigenvalue weighted by molar-refractivity contribution is 6.42. The van der Waals surface area contributed by atoms with Crippen LogP contribution in [0, 0.1) is 0 Å². The molecule has 2 aliphatic heterocycles. The summed E-state index contributed by atoms with van der Waals surface area (Å²) in [6.07, 6.45) is 8.09. The second kappa shape index (κ2) is 12.6. The molecule has 3 aromatic rings. The SMILES string of the molecule is C=CC(=O)NC1CN(c2ccnc(C3CCC3)n2)CC1Nc1ncc2c(n1)N(C)C(=O)N(c1c(Cl)c(OC)cc(OC)c1Cl)C2. The Kier molecular flexibility index (Phi) is 8.56. The van der Waals surface area contributed by atoms with Crippen LogP contribution in [0.1, 0.15) is 36.6 Å². The Labute approximate surface area is 270 Å². The third-order valence-corrected chi connectivity index (χ3v) is 9.16. The zero-order valence-electron chi connectivity index (χ0n) is 25.1. The van der Waals surface area contributed by atoms with Crippen LogP contribution < -0.4 is 34.8 Å². The fourth-order valence-electron chi connectivity index (χ4n) is 5.76. The summed E-state index contributed by atoms with van der Waals surface area (Å²) < 4.78 is 10.8. The van der Waals surface area contributed by atoms with Gasteiger partial charge in [0.15, 0.2) is 0 Å². The average molecular weight is 655 g/mol. The highest BCUT2D eigenvalue weighted by Gasteiger charge is 2.38. The van der Waals surface area contributed by atoms with E-state index in [1.54, 1.807) is 25.5 Å². The summed E-state index contributed by atoms with van der Waals surface area (Å²) in [4.78, 5) is 49.5. The molecular formula is C30H33Cl2N9O4. The van der Waals surface area contributed by atoms with Crippen molar-refractivity contribution in [3.8, 4) is 11.5 Å². The monoisotopic (exact) mass is 653 g/mol. The molecule has 15 heteroatoms. The number of nitrogens with zero attached hydrogens (tertiary/aromatic N) is 7. The minimum Gasteiger partial charge on any atom is -0.495 e. The number of nitrogens with one attached hydrogen (secondary N) is 2. The van der Waals surface area contributed by atoms with Crippen LogP contribution in [0.15, 0.2) is 37.2 Å². The van der Waals surface area contributed by atoms with E-state index in [0.29, 0.717) is 47.8 Å². The molecule has 3 aliphatic rings. The molecule has 2 atom stereocenters. The second-order valence-electron chi connectivity index (χ2n) is 11.1. The van der Waals surface area contributed by atoms with Crippen molar-refractivity contribution in [2.75, 3.05) is 54.4 Å². The molecule has 3 amide bonds. The van der Waals surface area contributed by atoms with Gasteiger partial charge in [-0.1, -0.05) is 36.2 Å². The largest absolute Gasteiger partial charge is 0.495 e. The van der Waals surface area contributed by atoms with Crippen LogP contribution in [0.3, 0.4) is 0 Å². The number of rotatable bonds is 9. The number of hydrogen-bond acceptors (Lipinski definition) is 10. The smallest absolute Gasteiger partial charge is 0.330 e. The summed E-state index contributed by atoms with van der Waals surface area (Å²) in [5.74, 6) is 3.14. The van der Waals surface area contributed by atoms with E-state index in [1.165, 1.54) is 36.5 Å². The second-order valence-corrected chi connectivity index (χ2v) is 11.9. The number of methoxy groups -OCH3 is 2. The van der Waals surface area contributed by atoms with Crippen LogP contribution in [-0.4, -0.2) is 78.3 Å². The lowest BCUT2D eigenvalue weighted by molar-refractivity contribution is -0.117. The normalized spacial score (nSPS) is 19.6. The van der Waals surface area contributed by atoms with Gasteiger partial charge in [-0.3, -0.25) is 14.6 Å². The van der Waals surface area contributed by atoms with Crippen LogP contribution in [-0.2, 0) is 11.3 Å². The molecule has 1 saturated carbocycles. The Balaban J connectivity index is 1.25. The van der Waals surface area contributed by atoms with Gasteiger partial charge in [-0.2, -0.15) is 4.98 Å². The van der Waals surface area contributed by atoms with Gasteiger partial charge in [0.05, 0.1) is 38.5 Å². The predicted molar refractivity (Wildman–Crippen MR) is 172 cm³/mol. The molecule has 0 spiro atoms. The molecule has 13 nitrogen and oxygen atoms in total. The van der Waals surface area contributed by atoms with E-state index in [1.807, 2.05) is 6.07 Å². The summed E-state index contributed by atoms with van der Waals surface area (Å²) in [5.41, 5.74) is 0.932. The molecule has 2 unspecified atom stereocenters. The fourth-order valence-corrected chi connectivity index (χ4v) is 6.46. The first-order valence-corrected chi connectivity index (χ1v) is 15.3. The first-order valence-electron chi connectivity index (χ1n) is 14.5. The Hall–Kier alpha value is -4.36. The number of urea groups is 1. The highest BCUT2D eigenvalue weighted by atomic mass is 35.5. The number of benzene rings is 1. The number of anilines is 4. The molecule has 4 heterocycles. The quantitative estimate of drug-likeness (QED) is 0.319. The minimum absolute atomic E-state index is 0.112. The van der Waals surface area contributed by atoms with Gasteiger partial charge in [-0.05, 0) is 25.0 Å². The van der Waals surface area contributed by atoms with Crippen molar-refractivity contribution >= 4 is 58.4 Å². The van der Waals surface area contributed by atoms with E-state index in [-0.39, 0.29) is 40.3 Å². The molecule has 2 aromatic heterocycles. The highest BCUT2D eigenvalue weighted by Crippen LogP contribution is 2.47. The van der Waals surface area contributed by atoms with Gasteiger partial charge in [0.25, 0.3) is 0 Å². The molecule has 2 N–H and O–H groups in total. The van der Waals surface area contributed by atoms with Gasteiger partial charge >= 0.3 is 6.03 Å². The van der Waals surface area contributed by atoms with Gasteiger partial charge in [0.2, 0.25) is 11.9 Å². The van der Waals surface area contributed by atoms with Crippen LogP contribution in [0.5, 0.6) is 11.5 Å². The third-order valence-electron chi connectivity index (χ3n) is 8.43. The van der Waals surface area contributed by atoms with Gasteiger partial charge in [-0.25, -0.2) is 19.7 Å². The van der Waals surface area contributed by atoms with Crippen LogP contribution in [0.25, 0.3) is 0 Å². The Morgan fingerprint density at radius 2 is 1.80 bits per heavy atom. The van der Waals surface area contributed by atoms with Gasteiger partial charge in [0.1, 0.15) is 39.0 Å². The maximum Gasteiger partial charge on any atom is 0.330 e. The van der Waals surface area contributed by atoms with E-state index in [2.05, 4.69) is 32.1 Å². The summed E-state index contributed by atoms with van der Waals surface area (Å²) in [6.45, 7) is 4.75. The fraction of sp³-hybridized carbons (Fsp3) is 0.400. The molecule has 1 saturated heterocycles. The van der Waals surface area contributed by atoms with Crippen molar-refractivity contribution in [3.05, 3.63) is 58.6 Å². The molecule has 0 radical (unpaired) electrons. The van der Waals surface area contributed by atoms with Crippen molar-refractivity contribution in [3.63, 3.8) is 0 Å².